The number of esters is 1. The first-order valence-corrected chi connectivity index (χ1v) is 7.23. The minimum atomic E-state index is -0.326. The Hall–Kier alpha value is -1.84. The van der Waals surface area contributed by atoms with Gasteiger partial charge in [0.25, 0.3) is 0 Å². The number of hydrogen-bond donors (Lipinski definition) is 0. The predicted octanol–water partition coefficient (Wildman–Crippen LogP) is 3.66. The van der Waals surface area contributed by atoms with Crippen molar-refractivity contribution in [1.29, 1.82) is 0 Å². The zero-order valence-electron chi connectivity index (χ0n) is 11.7. The summed E-state index contributed by atoms with van der Waals surface area (Å²) in [5.41, 5.74) is 0.798. The van der Waals surface area contributed by atoms with Crippen LogP contribution in [-0.4, -0.2) is 18.2 Å². The van der Waals surface area contributed by atoms with Gasteiger partial charge in [-0.25, -0.2) is 0 Å². The van der Waals surface area contributed by atoms with Crippen molar-refractivity contribution >= 4 is 16.9 Å². The van der Waals surface area contributed by atoms with Crippen molar-refractivity contribution in [2.75, 3.05) is 7.11 Å². The van der Waals surface area contributed by atoms with Gasteiger partial charge >= 0.3 is 5.97 Å². The molecule has 0 spiro atoms. The Morgan fingerprint density at radius 2 is 2.05 bits per heavy atom. The molecule has 106 valence electrons. The highest BCUT2D eigenvalue weighted by Crippen LogP contribution is 2.39. The molecule has 0 bridgehead atoms. The largest absolute Gasteiger partial charge is 0.468 e. The van der Waals surface area contributed by atoms with E-state index in [2.05, 4.69) is 5.16 Å². The van der Waals surface area contributed by atoms with Crippen molar-refractivity contribution < 1.29 is 14.1 Å². The van der Waals surface area contributed by atoms with Gasteiger partial charge < -0.3 is 9.26 Å². The summed E-state index contributed by atoms with van der Waals surface area (Å²) in [7, 11) is 1.44. The third kappa shape index (κ3) is 2.30. The molecule has 1 aromatic carbocycles. The fraction of sp³-hybridized carbons (Fsp3) is 0.500. The molecular weight excluding hydrogens is 254 g/mol. The maximum Gasteiger partial charge on any atom is 0.316 e. The fourth-order valence-electron chi connectivity index (χ4n) is 3.24. The SMILES string of the molecule is COC(=O)C(c1onc2ccccc12)C1CCCCC1. The Bertz CT molecular complexity index is 599. The molecule has 3 rings (SSSR count). The van der Waals surface area contributed by atoms with E-state index in [1.807, 2.05) is 24.3 Å². The molecule has 0 amide bonds. The van der Waals surface area contributed by atoms with Gasteiger partial charge in [-0.05, 0) is 30.9 Å². The average molecular weight is 273 g/mol. The molecule has 1 aromatic heterocycles. The molecule has 0 saturated heterocycles. The van der Waals surface area contributed by atoms with Gasteiger partial charge in [-0.3, -0.25) is 4.79 Å². The molecule has 4 nitrogen and oxygen atoms in total. The summed E-state index contributed by atoms with van der Waals surface area (Å²) < 4.78 is 10.5. The number of methoxy groups -OCH3 is 1. The first-order chi connectivity index (χ1) is 9.81. The van der Waals surface area contributed by atoms with Crippen LogP contribution in [0.3, 0.4) is 0 Å². The third-order valence-electron chi connectivity index (χ3n) is 4.27. The van der Waals surface area contributed by atoms with E-state index in [1.54, 1.807) is 0 Å². The number of fused-ring (bicyclic) bond motifs is 1. The molecule has 0 N–H and O–H groups in total. The van der Waals surface area contributed by atoms with Gasteiger partial charge in [0.2, 0.25) is 0 Å². The second-order valence-electron chi connectivity index (χ2n) is 5.46. The first-order valence-electron chi connectivity index (χ1n) is 7.23. The van der Waals surface area contributed by atoms with E-state index in [1.165, 1.54) is 26.4 Å². The fourth-order valence-corrected chi connectivity index (χ4v) is 3.24. The van der Waals surface area contributed by atoms with Crippen LogP contribution in [0.4, 0.5) is 0 Å². The topological polar surface area (TPSA) is 52.3 Å². The lowest BCUT2D eigenvalue weighted by molar-refractivity contribution is -0.144. The Morgan fingerprint density at radius 3 is 2.80 bits per heavy atom. The van der Waals surface area contributed by atoms with Gasteiger partial charge in [-0.2, -0.15) is 0 Å². The highest BCUT2D eigenvalue weighted by Gasteiger charge is 2.36. The highest BCUT2D eigenvalue weighted by atomic mass is 16.5. The number of ether oxygens (including phenoxy) is 1. The zero-order chi connectivity index (χ0) is 13.9. The quantitative estimate of drug-likeness (QED) is 0.801. The van der Waals surface area contributed by atoms with E-state index in [9.17, 15) is 4.79 Å². The molecular formula is C16H19NO3. The monoisotopic (exact) mass is 273 g/mol. The van der Waals surface area contributed by atoms with E-state index in [0.29, 0.717) is 11.7 Å². The van der Waals surface area contributed by atoms with Crippen LogP contribution in [0.2, 0.25) is 0 Å². The zero-order valence-corrected chi connectivity index (χ0v) is 11.7. The molecule has 0 aliphatic heterocycles. The second-order valence-corrected chi connectivity index (χ2v) is 5.46. The van der Waals surface area contributed by atoms with Crippen LogP contribution in [0.15, 0.2) is 28.8 Å². The molecule has 1 heterocycles. The molecule has 1 aliphatic rings. The Morgan fingerprint density at radius 1 is 1.30 bits per heavy atom. The summed E-state index contributed by atoms with van der Waals surface area (Å²) in [5, 5.41) is 4.99. The number of rotatable bonds is 3. The number of hydrogen-bond acceptors (Lipinski definition) is 4. The first kappa shape index (κ1) is 13.2. The second kappa shape index (κ2) is 5.65. The summed E-state index contributed by atoms with van der Waals surface area (Å²) in [5.74, 6) is 0.429. The van der Waals surface area contributed by atoms with Crippen LogP contribution in [0.1, 0.15) is 43.8 Å². The Kier molecular flexibility index (Phi) is 3.72. The number of nitrogens with zero attached hydrogens (tertiary/aromatic N) is 1. The molecule has 2 aromatic rings. The molecule has 0 radical (unpaired) electrons. The molecule has 1 unspecified atom stereocenters. The van der Waals surface area contributed by atoms with Crippen molar-refractivity contribution in [2.45, 2.75) is 38.0 Å². The lowest BCUT2D eigenvalue weighted by atomic mass is 9.78. The highest BCUT2D eigenvalue weighted by molar-refractivity contribution is 5.87. The summed E-state index contributed by atoms with van der Waals surface area (Å²) >= 11 is 0. The van der Waals surface area contributed by atoms with Crippen molar-refractivity contribution in [2.24, 2.45) is 5.92 Å². The maximum atomic E-state index is 12.2. The van der Waals surface area contributed by atoms with Crippen molar-refractivity contribution in [3.63, 3.8) is 0 Å². The summed E-state index contributed by atoms with van der Waals surface area (Å²) in [6, 6.07) is 7.72. The van der Waals surface area contributed by atoms with Crippen LogP contribution in [0, 0.1) is 5.92 Å². The Balaban J connectivity index is 2.02. The standard InChI is InChI=1S/C16H19NO3/c1-19-16(18)14(11-7-3-2-4-8-11)15-12-9-5-6-10-13(12)17-20-15/h5-6,9-11,14H,2-4,7-8H2,1H3. The van der Waals surface area contributed by atoms with Crippen LogP contribution in [0.5, 0.6) is 0 Å². The number of carbonyl (C=O) groups is 1. The van der Waals surface area contributed by atoms with Crippen LogP contribution in [-0.2, 0) is 9.53 Å². The minimum Gasteiger partial charge on any atom is -0.468 e. The summed E-state index contributed by atoms with van der Waals surface area (Å²) in [6.07, 6.45) is 5.69. The van der Waals surface area contributed by atoms with Gasteiger partial charge in [-0.1, -0.05) is 36.6 Å². The van der Waals surface area contributed by atoms with Crippen molar-refractivity contribution in [3.8, 4) is 0 Å². The van der Waals surface area contributed by atoms with E-state index in [0.717, 1.165) is 23.7 Å². The molecule has 20 heavy (non-hydrogen) atoms. The summed E-state index contributed by atoms with van der Waals surface area (Å²) in [4.78, 5) is 12.2. The number of aromatic nitrogens is 1. The predicted molar refractivity (Wildman–Crippen MR) is 75.3 cm³/mol. The number of carbonyl (C=O) groups excluding carboxylic acids is 1. The summed E-state index contributed by atoms with van der Waals surface area (Å²) in [6.45, 7) is 0. The van der Waals surface area contributed by atoms with E-state index >= 15 is 0 Å². The third-order valence-corrected chi connectivity index (χ3v) is 4.27. The van der Waals surface area contributed by atoms with Crippen molar-refractivity contribution in [1.82, 2.24) is 5.16 Å². The van der Waals surface area contributed by atoms with E-state index < -0.39 is 0 Å². The average Bonchev–Trinajstić information content (AvgIpc) is 2.92. The normalized spacial score (nSPS) is 18.1. The number of benzene rings is 1. The smallest absolute Gasteiger partial charge is 0.316 e. The maximum absolute atomic E-state index is 12.2. The van der Waals surface area contributed by atoms with E-state index in [-0.39, 0.29) is 11.9 Å². The van der Waals surface area contributed by atoms with Gasteiger partial charge in [0.05, 0.1) is 7.11 Å². The molecule has 1 saturated carbocycles. The molecule has 1 aliphatic carbocycles. The molecule has 1 atom stereocenters. The molecule has 1 fully saturated rings. The van der Waals surface area contributed by atoms with Crippen LogP contribution >= 0.6 is 0 Å². The van der Waals surface area contributed by atoms with Gasteiger partial charge in [0.1, 0.15) is 11.4 Å². The van der Waals surface area contributed by atoms with Gasteiger partial charge in [-0.15, -0.1) is 0 Å². The van der Waals surface area contributed by atoms with Crippen LogP contribution < -0.4 is 0 Å². The van der Waals surface area contributed by atoms with Gasteiger partial charge in [0.15, 0.2) is 5.76 Å². The van der Waals surface area contributed by atoms with Crippen LogP contribution in [0.25, 0.3) is 10.9 Å². The van der Waals surface area contributed by atoms with Crippen molar-refractivity contribution in [3.05, 3.63) is 30.0 Å². The lowest BCUT2D eigenvalue weighted by Crippen LogP contribution is -2.24. The minimum absolute atomic E-state index is 0.209. The molecule has 4 heteroatoms. The lowest BCUT2D eigenvalue weighted by Gasteiger charge is -2.26. The Labute approximate surface area is 118 Å². The van der Waals surface area contributed by atoms with Gasteiger partial charge in [0, 0.05) is 5.39 Å². The van der Waals surface area contributed by atoms with E-state index in [4.69, 9.17) is 9.26 Å².